The van der Waals surface area contributed by atoms with Crippen LogP contribution >= 0.6 is 0 Å². The molecule has 2 aromatic carbocycles. The molecule has 6 nitrogen and oxygen atoms in total. The smallest absolute Gasteiger partial charge is 0.258 e. The number of aryl methyl sites for hydroxylation is 1. The highest BCUT2D eigenvalue weighted by Gasteiger charge is 2.19. The van der Waals surface area contributed by atoms with Gasteiger partial charge in [-0.3, -0.25) is 9.78 Å². The average molecular weight is 384 g/mol. The second-order valence-electron chi connectivity index (χ2n) is 6.62. The molecule has 0 unspecified atom stereocenters. The topological polar surface area (TPSA) is 77.0 Å². The van der Waals surface area contributed by atoms with Crippen LogP contribution in [0.5, 0.6) is 5.88 Å². The molecule has 0 saturated carbocycles. The fourth-order valence-electron chi connectivity index (χ4n) is 3.24. The minimum atomic E-state index is -0.294. The van der Waals surface area contributed by atoms with Gasteiger partial charge in [0.25, 0.3) is 5.91 Å². The van der Waals surface area contributed by atoms with Gasteiger partial charge >= 0.3 is 0 Å². The van der Waals surface area contributed by atoms with Crippen molar-refractivity contribution in [2.45, 2.75) is 13.0 Å². The molecule has 2 heterocycles. The number of nitrogens with zero attached hydrogens (tertiary/aromatic N) is 3. The van der Waals surface area contributed by atoms with E-state index >= 15 is 0 Å². The number of nitrogens with one attached hydrogen (secondary N) is 1. The first-order valence-corrected chi connectivity index (χ1v) is 9.30. The molecule has 0 fully saturated rings. The normalized spacial score (nSPS) is 11.8. The van der Waals surface area contributed by atoms with Crippen molar-refractivity contribution in [2.75, 3.05) is 6.61 Å². The van der Waals surface area contributed by atoms with E-state index < -0.39 is 0 Å². The van der Waals surface area contributed by atoms with E-state index in [-0.39, 0.29) is 18.6 Å². The summed E-state index contributed by atoms with van der Waals surface area (Å²) in [6, 6.07) is 19.0. The Bertz CT molecular complexity index is 1130. The van der Waals surface area contributed by atoms with E-state index in [0.717, 1.165) is 27.6 Å². The Labute approximate surface area is 168 Å². The van der Waals surface area contributed by atoms with Crippen molar-refractivity contribution in [3.8, 4) is 5.88 Å². The Morgan fingerprint density at radius 3 is 2.59 bits per heavy atom. The number of amides is 1. The van der Waals surface area contributed by atoms with Gasteiger partial charge in [-0.2, -0.15) is 0 Å². The summed E-state index contributed by atoms with van der Waals surface area (Å²) in [6.07, 6.45) is 4.87. The first-order valence-electron chi connectivity index (χ1n) is 9.30. The maximum Gasteiger partial charge on any atom is 0.258 e. The fourth-order valence-corrected chi connectivity index (χ4v) is 3.24. The van der Waals surface area contributed by atoms with Crippen LogP contribution in [0.2, 0.25) is 0 Å². The number of hydrogen-bond donors (Lipinski definition) is 1. The van der Waals surface area contributed by atoms with Gasteiger partial charge in [0.15, 0.2) is 6.61 Å². The van der Waals surface area contributed by atoms with Gasteiger partial charge in [0.2, 0.25) is 5.88 Å². The Kier molecular flexibility index (Phi) is 5.42. The molecule has 2 aromatic heterocycles. The Balaban J connectivity index is 1.53. The van der Waals surface area contributed by atoms with E-state index in [9.17, 15) is 4.79 Å². The standard InChI is InChI=1S/C23H20N4O2/c1-16-6-2-3-7-18(16)22(17-10-12-24-13-11-17)27-21(28)14-29-23-19-8-4-5-9-20(19)25-15-26-23/h2-13,15,22H,14H2,1H3,(H,27,28)/t22-/m0/s1. The molecule has 0 radical (unpaired) electrons. The third-order valence-electron chi connectivity index (χ3n) is 4.69. The van der Waals surface area contributed by atoms with Crippen molar-refractivity contribution in [3.63, 3.8) is 0 Å². The van der Waals surface area contributed by atoms with Crippen molar-refractivity contribution in [2.24, 2.45) is 0 Å². The van der Waals surface area contributed by atoms with Crippen molar-refractivity contribution >= 4 is 16.8 Å². The summed E-state index contributed by atoms with van der Waals surface area (Å²) < 4.78 is 5.71. The summed E-state index contributed by atoms with van der Waals surface area (Å²) in [4.78, 5) is 25.2. The van der Waals surface area contributed by atoms with Crippen LogP contribution in [0.15, 0.2) is 79.4 Å². The highest BCUT2D eigenvalue weighted by atomic mass is 16.5. The number of fused-ring (bicyclic) bond motifs is 1. The molecule has 0 saturated heterocycles. The van der Waals surface area contributed by atoms with Gasteiger partial charge in [0, 0.05) is 12.4 Å². The van der Waals surface area contributed by atoms with Crippen LogP contribution in [0, 0.1) is 6.92 Å². The van der Waals surface area contributed by atoms with E-state index in [2.05, 4.69) is 20.3 Å². The lowest BCUT2D eigenvalue weighted by Gasteiger charge is -2.21. The van der Waals surface area contributed by atoms with E-state index in [4.69, 9.17) is 4.74 Å². The molecule has 1 atom stereocenters. The third-order valence-corrected chi connectivity index (χ3v) is 4.69. The van der Waals surface area contributed by atoms with Crippen LogP contribution < -0.4 is 10.1 Å². The quantitative estimate of drug-likeness (QED) is 0.549. The number of pyridine rings is 1. The Morgan fingerprint density at radius 1 is 1.00 bits per heavy atom. The SMILES string of the molecule is Cc1ccccc1[C@@H](NC(=O)COc1ncnc2ccccc12)c1ccncc1. The summed E-state index contributed by atoms with van der Waals surface area (Å²) in [5.74, 6) is 0.153. The Morgan fingerprint density at radius 2 is 1.76 bits per heavy atom. The van der Waals surface area contributed by atoms with Crippen molar-refractivity contribution < 1.29 is 9.53 Å². The van der Waals surface area contributed by atoms with Gasteiger partial charge in [0.05, 0.1) is 16.9 Å². The van der Waals surface area contributed by atoms with Crippen LogP contribution in [-0.4, -0.2) is 27.5 Å². The second-order valence-corrected chi connectivity index (χ2v) is 6.62. The number of aromatic nitrogens is 3. The van der Waals surface area contributed by atoms with Gasteiger partial charge in [-0.1, -0.05) is 36.4 Å². The zero-order chi connectivity index (χ0) is 20.1. The molecule has 0 aliphatic heterocycles. The lowest BCUT2D eigenvalue weighted by Crippen LogP contribution is -2.33. The van der Waals surface area contributed by atoms with Crippen molar-refractivity contribution in [1.82, 2.24) is 20.3 Å². The Hall–Kier alpha value is -3.80. The van der Waals surface area contributed by atoms with E-state index in [1.54, 1.807) is 12.4 Å². The van der Waals surface area contributed by atoms with Crippen LogP contribution in [0.25, 0.3) is 10.9 Å². The molecular weight excluding hydrogens is 364 g/mol. The van der Waals surface area contributed by atoms with Crippen LogP contribution in [0.4, 0.5) is 0 Å². The first-order chi connectivity index (χ1) is 14.2. The molecule has 6 heteroatoms. The zero-order valence-electron chi connectivity index (χ0n) is 15.9. The second kappa shape index (κ2) is 8.48. The van der Waals surface area contributed by atoms with Crippen molar-refractivity contribution in [3.05, 3.63) is 96.1 Å². The summed E-state index contributed by atoms with van der Waals surface area (Å²) in [5.41, 5.74) is 3.85. The largest absolute Gasteiger partial charge is 0.467 e. The fraction of sp³-hybridized carbons (Fsp3) is 0.130. The molecule has 0 aliphatic rings. The molecule has 29 heavy (non-hydrogen) atoms. The van der Waals surface area contributed by atoms with E-state index in [1.165, 1.54) is 6.33 Å². The van der Waals surface area contributed by atoms with Gasteiger partial charge in [-0.05, 0) is 47.9 Å². The van der Waals surface area contributed by atoms with Crippen LogP contribution in [0.3, 0.4) is 0 Å². The number of rotatable bonds is 6. The maximum atomic E-state index is 12.7. The highest BCUT2D eigenvalue weighted by molar-refractivity contribution is 5.84. The van der Waals surface area contributed by atoms with Gasteiger partial charge < -0.3 is 10.1 Å². The molecule has 0 spiro atoms. The summed E-state index contributed by atoms with van der Waals surface area (Å²) in [6.45, 7) is 1.88. The average Bonchev–Trinajstić information content (AvgIpc) is 2.77. The lowest BCUT2D eigenvalue weighted by atomic mass is 9.95. The number of benzene rings is 2. The molecule has 1 amide bonds. The minimum absolute atomic E-state index is 0.144. The monoisotopic (exact) mass is 384 g/mol. The van der Waals surface area contributed by atoms with Crippen molar-refractivity contribution in [1.29, 1.82) is 0 Å². The number of hydrogen-bond acceptors (Lipinski definition) is 5. The van der Waals surface area contributed by atoms with Gasteiger partial charge in [-0.25, -0.2) is 9.97 Å². The molecule has 144 valence electrons. The number of ether oxygens (including phenoxy) is 1. The number of carbonyl (C=O) groups excluding carboxylic acids is 1. The van der Waals surface area contributed by atoms with Gasteiger partial charge in [-0.15, -0.1) is 0 Å². The van der Waals surface area contributed by atoms with Crippen LogP contribution in [0.1, 0.15) is 22.7 Å². The molecule has 0 aliphatic carbocycles. The van der Waals surface area contributed by atoms with E-state index in [1.807, 2.05) is 67.6 Å². The minimum Gasteiger partial charge on any atom is -0.467 e. The summed E-state index contributed by atoms with van der Waals surface area (Å²) in [7, 11) is 0. The number of carbonyl (C=O) groups is 1. The zero-order valence-corrected chi connectivity index (χ0v) is 15.9. The first kappa shape index (κ1) is 18.6. The molecule has 4 rings (SSSR count). The predicted molar refractivity (Wildman–Crippen MR) is 110 cm³/mol. The van der Waals surface area contributed by atoms with E-state index in [0.29, 0.717) is 5.88 Å². The molecule has 0 bridgehead atoms. The van der Waals surface area contributed by atoms with Gasteiger partial charge in [0.1, 0.15) is 6.33 Å². The third kappa shape index (κ3) is 4.21. The summed E-state index contributed by atoms with van der Waals surface area (Å²) >= 11 is 0. The highest BCUT2D eigenvalue weighted by Crippen LogP contribution is 2.25. The molecular formula is C23H20N4O2. The predicted octanol–water partition coefficient (Wildman–Crippen LogP) is 3.62. The lowest BCUT2D eigenvalue weighted by molar-refractivity contribution is -0.123. The molecule has 1 N–H and O–H groups in total. The summed E-state index contributed by atoms with van der Waals surface area (Å²) in [5, 5.41) is 3.84. The maximum absolute atomic E-state index is 12.7. The van der Waals surface area contributed by atoms with Crippen LogP contribution in [-0.2, 0) is 4.79 Å². The number of para-hydroxylation sites is 1. The molecule has 4 aromatic rings.